The standard InChI is InChI=1S/C19H20N2O5S/c1-2-27(24,25)15-8-9-16-17(10-15)26-19(23)13-21(16)12-18(22)20-11-14-6-4-3-5-7-14/h3-10H,2,11-13H2,1H3,(H,20,22). The van der Waals surface area contributed by atoms with Crippen LogP contribution in [0.15, 0.2) is 53.4 Å². The van der Waals surface area contributed by atoms with Crippen LogP contribution in [0.5, 0.6) is 5.75 Å². The molecule has 0 radical (unpaired) electrons. The molecule has 1 amide bonds. The molecule has 2 aromatic rings. The number of ether oxygens (including phenoxy) is 1. The van der Waals surface area contributed by atoms with Gasteiger partial charge in [0.05, 0.1) is 22.9 Å². The second-order valence-corrected chi connectivity index (χ2v) is 8.40. The zero-order chi connectivity index (χ0) is 19.4. The lowest BCUT2D eigenvalue weighted by atomic mass is 10.2. The topological polar surface area (TPSA) is 92.8 Å². The Kier molecular flexibility index (Phi) is 5.46. The second kappa shape index (κ2) is 7.79. The van der Waals surface area contributed by atoms with Gasteiger partial charge in [0, 0.05) is 12.6 Å². The molecule has 2 aromatic carbocycles. The fraction of sp³-hybridized carbons (Fsp3) is 0.263. The number of amides is 1. The minimum absolute atomic E-state index is 0.0329. The summed E-state index contributed by atoms with van der Waals surface area (Å²) < 4.78 is 29.2. The molecular formula is C19H20N2O5S. The van der Waals surface area contributed by atoms with E-state index in [4.69, 9.17) is 4.74 Å². The molecule has 0 aromatic heterocycles. The molecule has 1 aliphatic rings. The summed E-state index contributed by atoms with van der Waals surface area (Å²) in [6, 6.07) is 13.9. The van der Waals surface area contributed by atoms with Gasteiger partial charge in [0.1, 0.15) is 6.54 Å². The van der Waals surface area contributed by atoms with Crippen molar-refractivity contribution in [3.8, 4) is 5.75 Å². The summed E-state index contributed by atoms with van der Waals surface area (Å²) in [4.78, 5) is 25.8. The number of nitrogens with zero attached hydrogens (tertiary/aromatic N) is 1. The number of anilines is 1. The second-order valence-electron chi connectivity index (χ2n) is 6.13. The first-order valence-corrected chi connectivity index (χ1v) is 10.2. The van der Waals surface area contributed by atoms with Gasteiger partial charge in [-0.1, -0.05) is 37.3 Å². The lowest BCUT2D eigenvalue weighted by Crippen LogP contribution is -2.43. The number of hydrogen-bond donors (Lipinski definition) is 1. The maximum atomic E-state index is 12.3. The van der Waals surface area contributed by atoms with Gasteiger partial charge in [0.2, 0.25) is 5.91 Å². The van der Waals surface area contributed by atoms with Gasteiger partial charge < -0.3 is 15.0 Å². The zero-order valence-electron chi connectivity index (χ0n) is 14.8. The molecule has 0 atom stereocenters. The highest BCUT2D eigenvalue weighted by molar-refractivity contribution is 7.91. The van der Waals surface area contributed by atoms with Crippen LogP contribution in [0.3, 0.4) is 0 Å². The number of hydrogen-bond acceptors (Lipinski definition) is 6. The van der Waals surface area contributed by atoms with Crippen LogP contribution in [0.1, 0.15) is 12.5 Å². The van der Waals surface area contributed by atoms with Crippen LogP contribution in [-0.4, -0.2) is 39.1 Å². The largest absolute Gasteiger partial charge is 0.423 e. The maximum absolute atomic E-state index is 12.3. The molecule has 8 heteroatoms. The molecule has 142 valence electrons. The highest BCUT2D eigenvalue weighted by atomic mass is 32.2. The molecule has 27 heavy (non-hydrogen) atoms. The van der Waals surface area contributed by atoms with E-state index >= 15 is 0 Å². The average molecular weight is 388 g/mol. The highest BCUT2D eigenvalue weighted by Gasteiger charge is 2.27. The van der Waals surface area contributed by atoms with Crippen molar-refractivity contribution in [3.63, 3.8) is 0 Å². The number of esters is 1. The van der Waals surface area contributed by atoms with E-state index in [2.05, 4.69) is 5.32 Å². The zero-order valence-corrected chi connectivity index (χ0v) is 15.7. The summed E-state index contributed by atoms with van der Waals surface area (Å²) in [5.41, 5.74) is 1.48. The van der Waals surface area contributed by atoms with Gasteiger partial charge in [0.15, 0.2) is 15.6 Å². The average Bonchev–Trinajstić information content (AvgIpc) is 2.66. The van der Waals surface area contributed by atoms with E-state index in [0.717, 1.165) is 5.56 Å². The van der Waals surface area contributed by atoms with Gasteiger partial charge in [-0.2, -0.15) is 0 Å². The van der Waals surface area contributed by atoms with Crippen LogP contribution in [0, 0.1) is 0 Å². The highest BCUT2D eigenvalue weighted by Crippen LogP contribution is 2.34. The van der Waals surface area contributed by atoms with Gasteiger partial charge in [0.25, 0.3) is 0 Å². The van der Waals surface area contributed by atoms with Crippen molar-refractivity contribution in [1.82, 2.24) is 5.32 Å². The molecule has 1 aliphatic heterocycles. The van der Waals surface area contributed by atoms with Crippen LogP contribution < -0.4 is 15.0 Å². The number of benzene rings is 2. The minimum Gasteiger partial charge on any atom is -0.423 e. The monoisotopic (exact) mass is 388 g/mol. The summed E-state index contributed by atoms with van der Waals surface area (Å²) in [7, 11) is -3.42. The predicted molar refractivity (Wildman–Crippen MR) is 100 cm³/mol. The molecule has 0 spiro atoms. The number of rotatable bonds is 6. The van der Waals surface area contributed by atoms with Crippen LogP contribution >= 0.6 is 0 Å². The summed E-state index contributed by atoms with van der Waals surface area (Å²) in [6.45, 7) is 1.82. The van der Waals surface area contributed by atoms with E-state index in [1.54, 1.807) is 17.9 Å². The molecule has 0 saturated heterocycles. The normalized spacial score (nSPS) is 13.7. The first-order chi connectivity index (χ1) is 12.9. The Bertz CT molecular complexity index is 957. The molecule has 1 N–H and O–H groups in total. The Balaban J connectivity index is 1.74. The first kappa shape index (κ1) is 18.9. The molecule has 0 saturated carbocycles. The Labute approximate surface area is 157 Å². The number of sulfone groups is 1. The summed E-state index contributed by atoms with van der Waals surface area (Å²) in [5, 5.41) is 2.81. The number of fused-ring (bicyclic) bond motifs is 1. The Morgan fingerprint density at radius 2 is 1.93 bits per heavy atom. The van der Waals surface area contributed by atoms with Crippen LogP contribution in [-0.2, 0) is 26.0 Å². The van der Waals surface area contributed by atoms with Crippen molar-refractivity contribution in [3.05, 3.63) is 54.1 Å². The third-order valence-electron chi connectivity index (χ3n) is 4.22. The molecule has 7 nitrogen and oxygen atoms in total. The van der Waals surface area contributed by atoms with Crippen molar-refractivity contribution >= 4 is 27.4 Å². The fourth-order valence-electron chi connectivity index (χ4n) is 2.76. The fourth-order valence-corrected chi connectivity index (χ4v) is 3.66. The maximum Gasteiger partial charge on any atom is 0.331 e. The van der Waals surface area contributed by atoms with Crippen molar-refractivity contribution in [2.45, 2.75) is 18.4 Å². The number of nitrogens with one attached hydrogen (secondary N) is 1. The number of carbonyl (C=O) groups excluding carboxylic acids is 2. The van der Waals surface area contributed by atoms with Crippen molar-refractivity contribution in [2.24, 2.45) is 0 Å². The van der Waals surface area contributed by atoms with Gasteiger partial charge in [-0.05, 0) is 17.7 Å². The SMILES string of the molecule is CCS(=O)(=O)c1ccc2c(c1)OC(=O)CN2CC(=O)NCc1ccccc1. The molecular weight excluding hydrogens is 368 g/mol. The van der Waals surface area contributed by atoms with Crippen LogP contribution in [0.2, 0.25) is 0 Å². The van der Waals surface area contributed by atoms with Crippen molar-refractivity contribution in [2.75, 3.05) is 23.7 Å². The van der Waals surface area contributed by atoms with E-state index in [1.807, 2.05) is 30.3 Å². The quantitative estimate of drug-likeness (QED) is 0.596. The molecule has 0 aliphatic carbocycles. The van der Waals surface area contributed by atoms with Crippen LogP contribution in [0.25, 0.3) is 0 Å². The Morgan fingerprint density at radius 3 is 2.63 bits per heavy atom. The van der Waals surface area contributed by atoms with Crippen molar-refractivity contribution in [1.29, 1.82) is 0 Å². The van der Waals surface area contributed by atoms with E-state index in [1.165, 1.54) is 12.1 Å². The lowest BCUT2D eigenvalue weighted by Gasteiger charge is -2.29. The molecule has 0 bridgehead atoms. The predicted octanol–water partition coefficient (Wildman–Crippen LogP) is 1.52. The van der Waals surface area contributed by atoms with E-state index < -0.39 is 15.8 Å². The lowest BCUT2D eigenvalue weighted by molar-refractivity contribution is -0.133. The van der Waals surface area contributed by atoms with Gasteiger partial charge in [-0.15, -0.1) is 0 Å². The Hall–Kier alpha value is -2.87. The molecule has 1 heterocycles. The van der Waals surface area contributed by atoms with Gasteiger partial charge in [-0.25, -0.2) is 13.2 Å². The summed E-state index contributed by atoms with van der Waals surface area (Å²) >= 11 is 0. The molecule has 0 fully saturated rings. The molecule has 0 unspecified atom stereocenters. The third kappa shape index (κ3) is 4.46. The summed E-state index contributed by atoms with van der Waals surface area (Å²) in [6.07, 6.45) is 0. The van der Waals surface area contributed by atoms with Gasteiger partial charge >= 0.3 is 5.97 Å². The van der Waals surface area contributed by atoms with E-state index in [9.17, 15) is 18.0 Å². The third-order valence-corrected chi connectivity index (χ3v) is 5.95. The minimum atomic E-state index is -3.42. The Morgan fingerprint density at radius 1 is 1.19 bits per heavy atom. The number of carbonyl (C=O) groups is 2. The first-order valence-electron chi connectivity index (χ1n) is 8.52. The van der Waals surface area contributed by atoms with Crippen LogP contribution in [0.4, 0.5) is 5.69 Å². The molecule has 3 rings (SSSR count). The van der Waals surface area contributed by atoms with Gasteiger partial charge in [-0.3, -0.25) is 4.79 Å². The van der Waals surface area contributed by atoms with E-state index in [-0.39, 0.29) is 35.4 Å². The smallest absolute Gasteiger partial charge is 0.331 e. The van der Waals surface area contributed by atoms with E-state index in [0.29, 0.717) is 12.2 Å². The summed E-state index contributed by atoms with van der Waals surface area (Å²) in [5.74, 6) is -0.684. The van der Waals surface area contributed by atoms with Crippen molar-refractivity contribution < 1.29 is 22.7 Å².